The van der Waals surface area contributed by atoms with Crippen molar-refractivity contribution in [2.75, 3.05) is 0 Å². The first-order chi connectivity index (χ1) is 18.7. The Bertz CT molecular complexity index is 1420. The molecule has 0 saturated heterocycles. The molecule has 5 aromatic carbocycles. The van der Waals surface area contributed by atoms with Gasteiger partial charge < -0.3 is 12.4 Å². The molecule has 0 unspecified atom stereocenters. The van der Waals surface area contributed by atoms with E-state index >= 15 is 0 Å². The molecule has 0 aliphatic carbocycles. The van der Waals surface area contributed by atoms with Crippen molar-refractivity contribution in [2.45, 2.75) is 4.90 Å². The van der Waals surface area contributed by atoms with E-state index < -0.39 is 7.26 Å². The molecule has 6 heteroatoms. The Morgan fingerprint density at radius 2 is 1.03 bits per heavy atom. The second-order valence-electron chi connectivity index (χ2n) is 8.57. The number of benzene rings is 5. The van der Waals surface area contributed by atoms with Crippen LogP contribution in [0.1, 0.15) is 10.4 Å². The quantitative estimate of drug-likeness (QED) is 0.212. The summed E-state index contributed by atoms with van der Waals surface area (Å²) in [7, 11) is -2.50. The Hall–Kier alpha value is -3.33. The number of carbonyl (C=O) groups excluding carboxylic acids is 1. The Kier molecular flexibility index (Phi) is 10.0. The summed E-state index contributed by atoms with van der Waals surface area (Å²) in [5.74, 6) is -0.138. The van der Waals surface area contributed by atoms with E-state index in [1.165, 1.54) is 0 Å². The van der Waals surface area contributed by atoms with Crippen LogP contribution < -0.4 is 33.6 Å². The van der Waals surface area contributed by atoms with Gasteiger partial charge in [0.05, 0.1) is 0 Å². The summed E-state index contributed by atoms with van der Waals surface area (Å²) in [5, 5.41) is 9.65. The SMILES string of the molecule is O=C(N/C(=C/Sc1ccc(Cl)cc1)[P+](c1ccccc1)(c1ccccc1)c1ccccc1)c1ccccc1.[Cl-]. The average molecular weight is 587 g/mol. The number of nitrogens with one attached hydrogen (secondary N) is 1. The summed E-state index contributed by atoms with van der Waals surface area (Å²) in [6.45, 7) is 0. The van der Waals surface area contributed by atoms with Gasteiger partial charge in [0.1, 0.15) is 15.9 Å². The second kappa shape index (κ2) is 13.6. The molecule has 1 amide bonds. The largest absolute Gasteiger partial charge is 1.00 e. The summed E-state index contributed by atoms with van der Waals surface area (Å²) >= 11 is 7.73. The van der Waals surface area contributed by atoms with Crippen LogP contribution in [0, 0.1) is 0 Å². The minimum Gasteiger partial charge on any atom is -1.00 e. The molecule has 39 heavy (non-hydrogen) atoms. The van der Waals surface area contributed by atoms with E-state index in [-0.39, 0.29) is 18.3 Å². The van der Waals surface area contributed by atoms with Gasteiger partial charge in [-0.25, -0.2) is 0 Å². The van der Waals surface area contributed by atoms with Crippen LogP contribution in [-0.2, 0) is 0 Å². The lowest BCUT2D eigenvalue weighted by molar-refractivity contribution is -0.0000154. The van der Waals surface area contributed by atoms with Gasteiger partial charge in [-0.2, -0.15) is 0 Å². The first kappa shape index (κ1) is 28.7. The third kappa shape index (κ3) is 6.46. The highest BCUT2D eigenvalue weighted by Gasteiger charge is 2.50. The fourth-order valence-electron chi connectivity index (χ4n) is 4.43. The van der Waals surface area contributed by atoms with Crippen LogP contribution in [-0.4, -0.2) is 5.91 Å². The van der Waals surface area contributed by atoms with Crippen LogP contribution in [0.2, 0.25) is 5.02 Å². The molecule has 0 aliphatic rings. The summed E-state index contributed by atoms with van der Waals surface area (Å²) in [4.78, 5) is 14.7. The number of halogens is 2. The van der Waals surface area contributed by atoms with Crippen LogP contribution >= 0.6 is 30.6 Å². The monoisotopic (exact) mass is 585 g/mol. The van der Waals surface area contributed by atoms with Crippen LogP contribution in [0.3, 0.4) is 0 Å². The highest BCUT2D eigenvalue weighted by molar-refractivity contribution is 8.04. The van der Waals surface area contributed by atoms with Crippen LogP contribution in [0.4, 0.5) is 0 Å². The molecule has 0 spiro atoms. The van der Waals surface area contributed by atoms with E-state index in [4.69, 9.17) is 11.6 Å². The van der Waals surface area contributed by atoms with Gasteiger partial charge >= 0.3 is 0 Å². The van der Waals surface area contributed by atoms with Crippen molar-refractivity contribution < 1.29 is 17.2 Å². The molecule has 5 aromatic rings. The van der Waals surface area contributed by atoms with Gasteiger partial charge in [0.2, 0.25) is 0 Å². The van der Waals surface area contributed by atoms with E-state index in [1.54, 1.807) is 11.8 Å². The Morgan fingerprint density at radius 1 is 0.615 bits per heavy atom. The highest BCUT2D eigenvalue weighted by atomic mass is 35.5. The predicted molar refractivity (Wildman–Crippen MR) is 164 cm³/mol. The van der Waals surface area contributed by atoms with Gasteiger partial charge in [0.25, 0.3) is 5.91 Å². The smallest absolute Gasteiger partial charge is 0.258 e. The molecule has 5 rings (SSSR count). The number of rotatable bonds is 8. The normalized spacial score (nSPS) is 11.4. The fourth-order valence-corrected chi connectivity index (χ4v) is 9.80. The van der Waals surface area contributed by atoms with Gasteiger partial charge in [-0.05, 0) is 72.8 Å². The Balaban J connectivity index is 0.00000353. The number of hydrogen-bond donors (Lipinski definition) is 1. The summed E-state index contributed by atoms with van der Waals surface area (Å²) in [6.07, 6.45) is 0. The van der Waals surface area contributed by atoms with E-state index in [9.17, 15) is 4.79 Å². The second-order valence-corrected chi connectivity index (χ2v) is 13.3. The van der Waals surface area contributed by atoms with Crippen LogP contribution in [0.5, 0.6) is 0 Å². The zero-order valence-electron chi connectivity index (χ0n) is 21.0. The first-order valence-corrected chi connectivity index (χ1v) is 15.3. The summed E-state index contributed by atoms with van der Waals surface area (Å²) < 4.78 is 0. The molecule has 0 bridgehead atoms. The number of thioether (sulfide) groups is 1. The molecular formula is C33H26Cl2NOPS. The molecule has 0 heterocycles. The van der Waals surface area contributed by atoms with Gasteiger partial charge in [0.15, 0.2) is 12.7 Å². The Labute approximate surface area is 245 Å². The van der Waals surface area contributed by atoms with E-state index in [0.29, 0.717) is 10.6 Å². The predicted octanol–water partition coefficient (Wildman–Crippen LogP) is 4.66. The lowest BCUT2D eigenvalue weighted by Crippen LogP contribution is -3.00. The summed E-state index contributed by atoms with van der Waals surface area (Å²) in [5.41, 5.74) is 1.48. The van der Waals surface area contributed by atoms with Crippen molar-refractivity contribution in [3.8, 4) is 0 Å². The lowest BCUT2D eigenvalue weighted by atomic mass is 10.2. The average Bonchev–Trinajstić information content (AvgIpc) is 2.99. The van der Waals surface area contributed by atoms with Gasteiger partial charge in [0, 0.05) is 20.9 Å². The highest BCUT2D eigenvalue weighted by Crippen LogP contribution is 2.62. The van der Waals surface area contributed by atoms with E-state index in [0.717, 1.165) is 26.2 Å². The van der Waals surface area contributed by atoms with Gasteiger partial charge in [-0.1, -0.05) is 96.2 Å². The van der Waals surface area contributed by atoms with Crippen LogP contribution in [0.25, 0.3) is 0 Å². The maximum atomic E-state index is 13.7. The number of carbonyl (C=O) groups is 1. The maximum Gasteiger partial charge on any atom is 0.258 e. The molecule has 0 aromatic heterocycles. The van der Waals surface area contributed by atoms with Crippen molar-refractivity contribution in [2.24, 2.45) is 0 Å². The Morgan fingerprint density at radius 3 is 1.46 bits per heavy atom. The van der Waals surface area contributed by atoms with E-state index in [2.05, 4.69) is 83.5 Å². The topological polar surface area (TPSA) is 29.1 Å². The third-order valence-corrected chi connectivity index (χ3v) is 11.7. The molecule has 0 radical (unpaired) electrons. The van der Waals surface area contributed by atoms with Crippen molar-refractivity contribution in [1.29, 1.82) is 0 Å². The van der Waals surface area contributed by atoms with Gasteiger partial charge in [-0.3, -0.25) is 10.1 Å². The lowest BCUT2D eigenvalue weighted by Gasteiger charge is -2.29. The van der Waals surface area contributed by atoms with Crippen molar-refractivity contribution in [3.05, 3.63) is 167 Å². The third-order valence-electron chi connectivity index (χ3n) is 6.19. The molecule has 2 nitrogen and oxygen atoms in total. The fraction of sp³-hybridized carbons (Fsp3) is 0. The van der Waals surface area contributed by atoms with E-state index in [1.807, 2.05) is 72.8 Å². The van der Waals surface area contributed by atoms with Crippen molar-refractivity contribution in [3.63, 3.8) is 0 Å². The molecular weight excluding hydrogens is 560 g/mol. The molecule has 0 fully saturated rings. The molecule has 1 N–H and O–H groups in total. The zero-order valence-corrected chi connectivity index (χ0v) is 24.2. The molecule has 194 valence electrons. The van der Waals surface area contributed by atoms with Crippen molar-refractivity contribution >= 4 is 52.4 Å². The number of hydrogen-bond acceptors (Lipinski definition) is 2. The standard InChI is InChI=1S/C33H25ClNOPS.ClH/c34-27-21-23-31(24-22-27)38-25-32(35-33(36)26-13-5-1-6-14-26)37(28-15-7-2-8-16-28,29-17-9-3-10-18-29)30-19-11-4-12-20-30;/h1-25H;1H/b32-25-;. The number of amides is 1. The summed E-state index contributed by atoms with van der Waals surface area (Å²) in [6, 6.07) is 48.6. The molecule has 0 aliphatic heterocycles. The van der Waals surface area contributed by atoms with Crippen LogP contribution in [0.15, 0.2) is 161 Å². The minimum absolute atomic E-state index is 0. The van der Waals surface area contributed by atoms with Crippen molar-refractivity contribution in [1.82, 2.24) is 5.32 Å². The molecule has 0 atom stereocenters. The zero-order chi connectivity index (χ0) is 26.2. The maximum absolute atomic E-state index is 13.7. The van der Waals surface area contributed by atoms with Gasteiger partial charge in [-0.15, -0.1) is 0 Å². The minimum atomic E-state index is -2.50. The first-order valence-electron chi connectivity index (χ1n) is 12.2. The molecule has 0 saturated carbocycles.